The van der Waals surface area contributed by atoms with Crippen LogP contribution >= 0.6 is 11.3 Å². The Hall–Kier alpha value is -1.92. The van der Waals surface area contributed by atoms with Crippen LogP contribution in [-0.2, 0) is 0 Å². The number of likely N-dealkylation sites (tertiary alicyclic amines) is 1. The van der Waals surface area contributed by atoms with Gasteiger partial charge in [0.2, 0.25) is 0 Å². The first-order valence-electron chi connectivity index (χ1n) is 7.87. The van der Waals surface area contributed by atoms with Crippen molar-refractivity contribution in [1.29, 1.82) is 0 Å². The topological polar surface area (TPSA) is 62.7 Å². The molecule has 0 aliphatic carbocycles. The molecule has 0 bridgehead atoms. The number of thiazole rings is 1. The molecule has 0 saturated carbocycles. The van der Waals surface area contributed by atoms with E-state index in [1.165, 1.54) is 30.6 Å². The van der Waals surface area contributed by atoms with Gasteiger partial charge in [-0.2, -0.15) is 0 Å². The Morgan fingerprint density at radius 2 is 2.04 bits per heavy atom. The Morgan fingerprint density at radius 3 is 2.78 bits per heavy atom. The first-order valence-corrected chi connectivity index (χ1v) is 8.75. The van der Waals surface area contributed by atoms with E-state index in [0.29, 0.717) is 11.6 Å². The second-order valence-electron chi connectivity index (χ2n) is 5.59. The van der Waals surface area contributed by atoms with E-state index in [9.17, 15) is 4.79 Å². The standard InChI is InChI=1S/C17H20N2O3S/c20-17(21)14-12-23-16(18-14)13-6-2-3-7-15(13)22-11-10-19-8-4-1-5-9-19/h2-3,6-7,12H,1,4-5,8-11H2,(H,20,21). The zero-order valence-corrected chi connectivity index (χ0v) is 13.7. The number of aromatic nitrogens is 1. The minimum absolute atomic E-state index is 0.0770. The summed E-state index contributed by atoms with van der Waals surface area (Å²) in [5.41, 5.74) is 0.928. The fourth-order valence-corrected chi connectivity index (χ4v) is 3.56. The number of hydrogen-bond acceptors (Lipinski definition) is 5. The normalized spacial score (nSPS) is 15.5. The zero-order chi connectivity index (χ0) is 16.1. The Bertz CT molecular complexity index is 665. The molecule has 0 amide bonds. The molecule has 5 nitrogen and oxygen atoms in total. The van der Waals surface area contributed by atoms with Gasteiger partial charge in [-0.15, -0.1) is 11.3 Å². The van der Waals surface area contributed by atoms with E-state index in [1.54, 1.807) is 5.38 Å². The molecule has 2 aromatic rings. The number of aromatic carboxylic acids is 1. The van der Waals surface area contributed by atoms with Crippen LogP contribution in [0, 0.1) is 0 Å². The van der Waals surface area contributed by atoms with Crippen molar-refractivity contribution >= 4 is 17.3 Å². The van der Waals surface area contributed by atoms with Crippen LogP contribution in [0.25, 0.3) is 10.6 Å². The molecule has 3 rings (SSSR count). The maximum absolute atomic E-state index is 11.0. The summed E-state index contributed by atoms with van der Waals surface area (Å²) in [4.78, 5) is 17.6. The van der Waals surface area contributed by atoms with Crippen LogP contribution in [0.2, 0.25) is 0 Å². The van der Waals surface area contributed by atoms with Crippen molar-refractivity contribution < 1.29 is 14.6 Å². The highest BCUT2D eigenvalue weighted by Gasteiger charge is 2.14. The lowest BCUT2D eigenvalue weighted by Gasteiger charge is -2.26. The van der Waals surface area contributed by atoms with Crippen LogP contribution < -0.4 is 4.74 Å². The molecule has 2 heterocycles. The van der Waals surface area contributed by atoms with Gasteiger partial charge in [-0.25, -0.2) is 9.78 Å². The molecular weight excluding hydrogens is 312 g/mol. The van der Waals surface area contributed by atoms with Crippen LogP contribution in [0.4, 0.5) is 0 Å². The summed E-state index contributed by atoms with van der Waals surface area (Å²) >= 11 is 1.32. The summed E-state index contributed by atoms with van der Waals surface area (Å²) < 4.78 is 5.94. The van der Waals surface area contributed by atoms with Gasteiger partial charge in [0.1, 0.15) is 17.4 Å². The van der Waals surface area contributed by atoms with Crippen LogP contribution in [-0.4, -0.2) is 47.2 Å². The minimum atomic E-state index is -1.00. The molecule has 122 valence electrons. The minimum Gasteiger partial charge on any atom is -0.492 e. The summed E-state index contributed by atoms with van der Waals surface area (Å²) in [6.45, 7) is 3.86. The number of nitrogens with zero attached hydrogens (tertiary/aromatic N) is 2. The third kappa shape index (κ3) is 4.09. The summed E-state index contributed by atoms with van der Waals surface area (Å²) in [5, 5.41) is 11.2. The number of piperidine rings is 1. The molecule has 1 N–H and O–H groups in total. The van der Waals surface area contributed by atoms with E-state index in [4.69, 9.17) is 9.84 Å². The molecule has 0 spiro atoms. The number of benzene rings is 1. The molecule has 0 radical (unpaired) electrons. The quantitative estimate of drug-likeness (QED) is 0.879. The van der Waals surface area contributed by atoms with Crippen LogP contribution in [0.1, 0.15) is 29.8 Å². The third-order valence-corrected chi connectivity index (χ3v) is 4.83. The van der Waals surface area contributed by atoms with Gasteiger partial charge in [0.15, 0.2) is 5.69 Å². The van der Waals surface area contributed by atoms with Gasteiger partial charge < -0.3 is 9.84 Å². The number of hydrogen-bond donors (Lipinski definition) is 1. The monoisotopic (exact) mass is 332 g/mol. The van der Waals surface area contributed by atoms with Crippen molar-refractivity contribution in [2.24, 2.45) is 0 Å². The second kappa shape index (κ2) is 7.57. The van der Waals surface area contributed by atoms with E-state index < -0.39 is 5.97 Å². The maximum atomic E-state index is 11.0. The van der Waals surface area contributed by atoms with Crippen molar-refractivity contribution in [3.8, 4) is 16.3 Å². The molecule has 1 aliphatic rings. The van der Waals surface area contributed by atoms with Crippen molar-refractivity contribution in [3.63, 3.8) is 0 Å². The van der Waals surface area contributed by atoms with Gasteiger partial charge in [-0.1, -0.05) is 18.6 Å². The summed E-state index contributed by atoms with van der Waals surface area (Å²) in [6.07, 6.45) is 3.87. The average Bonchev–Trinajstić information content (AvgIpc) is 3.06. The summed E-state index contributed by atoms with van der Waals surface area (Å²) in [5.74, 6) is -0.244. The van der Waals surface area contributed by atoms with E-state index >= 15 is 0 Å². The SMILES string of the molecule is O=C(O)c1csc(-c2ccccc2OCCN2CCCCC2)n1. The van der Waals surface area contributed by atoms with Crippen LogP contribution in [0.5, 0.6) is 5.75 Å². The van der Waals surface area contributed by atoms with Crippen LogP contribution in [0.15, 0.2) is 29.6 Å². The van der Waals surface area contributed by atoms with E-state index in [2.05, 4.69) is 9.88 Å². The lowest BCUT2D eigenvalue weighted by atomic mass is 10.1. The van der Waals surface area contributed by atoms with E-state index in [0.717, 1.165) is 30.9 Å². The molecule has 1 saturated heterocycles. The number of rotatable bonds is 6. The largest absolute Gasteiger partial charge is 0.492 e. The average molecular weight is 332 g/mol. The molecule has 1 aliphatic heterocycles. The Kier molecular flexibility index (Phi) is 5.25. The fraction of sp³-hybridized carbons (Fsp3) is 0.412. The van der Waals surface area contributed by atoms with Crippen molar-refractivity contribution in [2.45, 2.75) is 19.3 Å². The van der Waals surface area contributed by atoms with Gasteiger partial charge in [-0.05, 0) is 38.1 Å². The number of para-hydroxylation sites is 1. The van der Waals surface area contributed by atoms with Crippen molar-refractivity contribution in [3.05, 3.63) is 35.3 Å². The van der Waals surface area contributed by atoms with E-state index in [1.807, 2.05) is 24.3 Å². The molecule has 1 aromatic carbocycles. The highest BCUT2D eigenvalue weighted by molar-refractivity contribution is 7.13. The second-order valence-corrected chi connectivity index (χ2v) is 6.45. The predicted octanol–water partition coefficient (Wildman–Crippen LogP) is 3.37. The first-order chi connectivity index (χ1) is 11.2. The van der Waals surface area contributed by atoms with Gasteiger partial charge >= 0.3 is 5.97 Å². The molecule has 1 fully saturated rings. The van der Waals surface area contributed by atoms with E-state index in [-0.39, 0.29) is 5.69 Å². The highest BCUT2D eigenvalue weighted by atomic mass is 32.1. The molecule has 1 aromatic heterocycles. The van der Waals surface area contributed by atoms with Gasteiger partial charge in [-0.3, -0.25) is 4.90 Å². The highest BCUT2D eigenvalue weighted by Crippen LogP contribution is 2.32. The fourth-order valence-electron chi connectivity index (χ4n) is 2.73. The molecule has 0 unspecified atom stereocenters. The molecular formula is C17H20N2O3S. The number of carboxylic acid groups (broad SMARTS) is 1. The lowest BCUT2D eigenvalue weighted by molar-refractivity contribution is 0.0691. The number of carboxylic acids is 1. The predicted molar refractivity (Wildman–Crippen MR) is 90.3 cm³/mol. The van der Waals surface area contributed by atoms with Crippen molar-refractivity contribution in [1.82, 2.24) is 9.88 Å². The van der Waals surface area contributed by atoms with Gasteiger partial charge in [0.25, 0.3) is 0 Å². The smallest absolute Gasteiger partial charge is 0.355 e. The Labute approximate surface area is 139 Å². The van der Waals surface area contributed by atoms with Gasteiger partial charge in [0, 0.05) is 11.9 Å². The number of carbonyl (C=O) groups is 1. The Balaban J connectivity index is 1.66. The molecule has 0 atom stereocenters. The Morgan fingerprint density at radius 1 is 1.26 bits per heavy atom. The molecule has 6 heteroatoms. The van der Waals surface area contributed by atoms with Crippen LogP contribution in [0.3, 0.4) is 0 Å². The molecule has 23 heavy (non-hydrogen) atoms. The summed E-state index contributed by atoms with van der Waals surface area (Å²) in [7, 11) is 0. The third-order valence-electron chi connectivity index (χ3n) is 3.95. The first kappa shape index (κ1) is 16.0. The summed E-state index contributed by atoms with van der Waals surface area (Å²) in [6, 6.07) is 7.66. The lowest BCUT2D eigenvalue weighted by Crippen LogP contribution is -2.33. The maximum Gasteiger partial charge on any atom is 0.355 e. The van der Waals surface area contributed by atoms with Gasteiger partial charge in [0.05, 0.1) is 5.56 Å². The number of ether oxygens (including phenoxy) is 1. The van der Waals surface area contributed by atoms with Crippen molar-refractivity contribution in [2.75, 3.05) is 26.2 Å². The zero-order valence-electron chi connectivity index (χ0n) is 12.9.